The van der Waals surface area contributed by atoms with Crippen LogP contribution in [-0.4, -0.2) is 21.6 Å². The molecule has 0 spiro atoms. The van der Waals surface area contributed by atoms with Crippen LogP contribution in [0.15, 0.2) is 40.9 Å². The normalized spacial score (nSPS) is 10.9. The molecule has 0 aliphatic rings. The Morgan fingerprint density at radius 2 is 2.00 bits per heavy atom. The minimum atomic E-state index is -0.100. The molecule has 1 N–H and O–H groups in total. The molecule has 3 aromatic rings. The van der Waals surface area contributed by atoms with Crippen LogP contribution in [0.5, 0.6) is 0 Å². The zero-order valence-electron chi connectivity index (χ0n) is 12.5. The van der Waals surface area contributed by atoms with Crippen molar-refractivity contribution in [2.45, 2.75) is 17.2 Å². The zero-order valence-corrected chi connectivity index (χ0v) is 15.6. The first-order chi connectivity index (χ1) is 11.6. The van der Waals surface area contributed by atoms with E-state index in [1.165, 1.54) is 0 Å². The number of pyridine rings is 1. The number of thiazole rings is 1. The van der Waals surface area contributed by atoms with E-state index in [2.05, 4.69) is 15.3 Å². The first-order valence-electron chi connectivity index (χ1n) is 7.22. The number of aromatic nitrogens is 2. The lowest BCUT2D eigenvalue weighted by Crippen LogP contribution is -2.12. The Balaban J connectivity index is 1.47. The molecule has 4 nitrogen and oxygen atoms in total. The lowest BCUT2D eigenvalue weighted by atomic mass is 10.3. The highest BCUT2D eigenvalue weighted by atomic mass is 35.5. The van der Waals surface area contributed by atoms with Gasteiger partial charge >= 0.3 is 0 Å². The van der Waals surface area contributed by atoms with E-state index < -0.39 is 0 Å². The predicted octanol–water partition coefficient (Wildman–Crippen LogP) is 5.51. The summed E-state index contributed by atoms with van der Waals surface area (Å²) in [7, 11) is 0. The average molecular weight is 398 g/mol. The van der Waals surface area contributed by atoms with E-state index in [1.807, 2.05) is 12.1 Å². The predicted molar refractivity (Wildman–Crippen MR) is 102 cm³/mol. The van der Waals surface area contributed by atoms with Crippen LogP contribution >= 0.6 is 46.3 Å². The molecule has 0 aliphatic heterocycles. The molecule has 0 saturated carbocycles. The molecule has 2 heterocycles. The van der Waals surface area contributed by atoms with Crippen molar-refractivity contribution in [1.29, 1.82) is 0 Å². The van der Waals surface area contributed by atoms with Crippen LogP contribution in [0, 0.1) is 0 Å². The first kappa shape index (κ1) is 17.5. The van der Waals surface area contributed by atoms with Crippen molar-refractivity contribution in [3.63, 3.8) is 0 Å². The van der Waals surface area contributed by atoms with E-state index in [-0.39, 0.29) is 5.91 Å². The van der Waals surface area contributed by atoms with Gasteiger partial charge in [-0.2, -0.15) is 0 Å². The number of benzene rings is 1. The molecule has 1 amide bonds. The summed E-state index contributed by atoms with van der Waals surface area (Å²) in [6.07, 6.45) is 2.88. The van der Waals surface area contributed by atoms with Crippen molar-refractivity contribution >= 4 is 68.2 Å². The molecule has 0 atom stereocenters. The summed E-state index contributed by atoms with van der Waals surface area (Å²) in [5, 5.41) is 3.64. The van der Waals surface area contributed by atoms with Gasteiger partial charge in [0.1, 0.15) is 0 Å². The van der Waals surface area contributed by atoms with Gasteiger partial charge in [0.25, 0.3) is 0 Å². The van der Waals surface area contributed by atoms with Gasteiger partial charge in [0.05, 0.1) is 20.4 Å². The number of rotatable bonds is 6. The second kappa shape index (κ2) is 8.16. The molecular weight excluding hydrogens is 385 g/mol. The second-order valence-corrected chi connectivity index (χ2v) is 8.09. The highest BCUT2D eigenvalue weighted by Crippen LogP contribution is 2.31. The topological polar surface area (TPSA) is 54.9 Å². The Kier molecular flexibility index (Phi) is 5.94. The molecule has 0 saturated heterocycles. The van der Waals surface area contributed by atoms with Gasteiger partial charge < -0.3 is 5.32 Å². The van der Waals surface area contributed by atoms with Gasteiger partial charge in [0.15, 0.2) is 9.99 Å². The molecule has 8 heteroatoms. The van der Waals surface area contributed by atoms with Crippen LogP contribution in [0.25, 0.3) is 10.3 Å². The number of fused-ring (bicyclic) bond motifs is 1. The van der Waals surface area contributed by atoms with E-state index >= 15 is 0 Å². The third-order valence-electron chi connectivity index (χ3n) is 3.15. The standard InChI is InChI=1S/C16H13Cl2N3OS2/c17-10-4-1-5-11(18)14(10)20-13(22)7-3-9-23-16-21-15-12(24-16)6-2-8-19-15/h1-2,4-6,8H,3,7,9H2,(H,20,22). The first-order valence-corrected chi connectivity index (χ1v) is 9.77. The third kappa shape index (κ3) is 4.39. The number of halogens is 2. The molecule has 124 valence electrons. The van der Waals surface area contributed by atoms with Gasteiger partial charge in [0.2, 0.25) is 5.91 Å². The summed E-state index contributed by atoms with van der Waals surface area (Å²) < 4.78 is 2.05. The van der Waals surface area contributed by atoms with Crippen LogP contribution in [0.4, 0.5) is 5.69 Å². The van der Waals surface area contributed by atoms with E-state index in [4.69, 9.17) is 23.2 Å². The van der Waals surface area contributed by atoms with Gasteiger partial charge in [-0.1, -0.05) is 41.0 Å². The molecule has 2 aromatic heterocycles. The van der Waals surface area contributed by atoms with Crippen LogP contribution in [-0.2, 0) is 4.79 Å². The molecule has 24 heavy (non-hydrogen) atoms. The number of thioether (sulfide) groups is 1. The number of anilines is 1. The van der Waals surface area contributed by atoms with Crippen molar-refractivity contribution in [3.05, 3.63) is 46.6 Å². The highest BCUT2D eigenvalue weighted by molar-refractivity contribution is 8.01. The molecule has 0 aliphatic carbocycles. The lowest BCUT2D eigenvalue weighted by Gasteiger charge is -2.08. The number of hydrogen-bond donors (Lipinski definition) is 1. The van der Waals surface area contributed by atoms with Gasteiger partial charge in [0, 0.05) is 18.4 Å². The van der Waals surface area contributed by atoms with E-state index in [0.29, 0.717) is 22.2 Å². The Bertz CT molecular complexity index is 816. The van der Waals surface area contributed by atoms with Crippen molar-refractivity contribution in [2.75, 3.05) is 11.1 Å². The maximum atomic E-state index is 12.0. The van der Waals surface area contributed by atoms with E-state index in [1.54, 1.807) is 47.5 Å². The van der Waals surface area contributed by atoms with Crippen LogP contribution in [0.2, 0.25) is 10.0 Å². The molecule has 1 aromatic carbocycles. The maximum absolute atomic E-state index is 12.0. The Labute approximate surface area is 157 Å². The molecule has 0 fully saturated rings. The molecule has 3 rings (SSSR count). The number of carbonyl (C=O) groups excluding carboxylic acids is 1. The minimum Gasteiger partial charge on any atom is -0.324 e. The van der Waals surface area contributed by atoms with Gasteiger partial charge in [-0.25, -0.2) is 9.97 Å². The van der Waals surface area contributed by atoms with Gasteiger partial charge in [-0.15, -0.1) is 11.3 Å². The zero-order chi connectivity index (χ0) is 16.9. The van der Waals surface area contributed by atoms with E-state index in [9.17, 15) is 4.79 Å². The van der Waals surface area contributed by atoms with Crippen LogP contribution in [0.1, 0.15) is 12.8 Å². The number of hydrogen-bond acceptors (Lipinski definition) is 5. The van der Waals surface area contributed by atoms with Crippen molar-refractivity contribution in [1.82, 2.24) is 9.97 Å². The van der Waals surface area contributed by atoms with Gasteiger partial charge in [-0.3, -0.25) is 4.79 Å². The van der Waals surface area contributed by atoms with E-state index in [0.717, 1.165) is 26.9 Å². The highest BCUT2D eigenvalue weighted by Gasteiger charge is 2.10. The second-order valence-electron chi connectivity index (χ2n) is 4.90. The molecule has 0 radical (unpaired) electrons. The van der Waals surface area contributed by atoms with Crippen molar-refractivity contribution in [2.24, 2.45) is 0 Å². The van der Waals surface area contributed by atoms with Crippen LogP contribution in [0.3, 0.4) is 0 Å². The summed E-state index contributed by atoms with van der Waals surface area (Å²) >= 11 is 15.3. The number of para-hydroxylation sites is 1. The van der Waals surface area contributed by atoms with Crippen LogP contribution < -0.4 is 5.32 Å². The summed E-state index contributed by atoms with van der Waals surface area (Å²) in [5.41, 5.74) is 1.24. The summed E-state index contributed by atoms with van der Waals surface area (Å²) in [6, 6.07) is 9.04. The monoisotopic (exact) mass is 397 g/mol. The summed E-state index contributed by atoms with van der Waals surface area (Å²) in [5.74, 6) is 0.709. The van der Waals surface area contributed by atoms with Gasteiger partial charge in [-0.05, 0) is 30.7 Å². The van der Waals surface area contributed by atoms with Crippen molar-refractivity contribution in [3.8, 4) is 0 Å². The number of nitrogens with one attached hydrogen (secondary N) is 1. The average Bonchev–Trinajstić information content (AvgIpc) is 2.98. The molecular formula is C16H13Cl2N3OS2. The lowest BCUT2D eigenvalue weighted by molar-refractivity contribution is -0.116. The smallest absolute Gasteiger partial charge is 0.224 e. The number of nitrogens with zero attached hydrogens (tertiary/aromatic N) is 2. The Hall–Kier alpha value is -1.34. The fourth-order valence-corrected chi connectivity index (χ4v) is 4.54. The number of carbonyl (C=O) groups is 1. The molecule has 0 unspecified atom stereocenters. The third-order valence-corrected chi connectivity index (χ3v) is 6.02. The quantitative estimate of drug-likeness (QED) is 0.440. The van der Waals surface area contributed by atoms with Crippen molar-refractivity contribution < 1.29 is 4.79 Å². The maximum Gasteiger partial charge on any atom is 0.224 e. The number of amides is 1. The SMILES string of the molecule is O=C(CCCSc1nc2ncccc2s1)Nc1c(Cl)cccc1Cl. The summed E-state index contributed by atoms with van der Waals surface area (Å²) in [6.45, 7) is 0. The molecule has 0 bridgehead atoms. The summed E-state index contributed by atoms with van der Waals surface area (Å²) in [4.78, 5) is 20.7. The fourth-order valence-electron chi connectivity index (χ4n) is 2.02. The minimum absolute atomic E-state index is 0.100. The largest absolute Gasteiger partial charge is 0.324 e. The Morgan fingerprint density at radius 3 is 2.75 bits per heavy atom. The Morgan fingerprint density at radius 1 is 1.21 bits per heavy atom. The fraction of sp³-hybridized carbons (Fsp3) is 0.188.